The van der Waals surface area contributed by atoms with Gasteiger partial charge in [-0.05, 0) is 52.8 Å². The van der Waals surface area contributed by atoms with Crippen LogP contribution in [0.2, 0.25) is 0 Å². The zero-order chi connectivity index (χ0) is 21.9. The molecule has 0 aliphatic carbocycles. The van der Waals surface area contributed by atoms with E-state index in [1.807, 2.05) is 39.1 Å². The molecule has 9 heteroatoms. The van der Waals surface area contributed by atoms with Gasteiger partial charge in [0.2, 0.25) is 0 Å². The van der Waals surface area contributed by atoms with Gasteiger partial charge in [0.1, 0.15) is 0 Å². The number of esters is 2. The fourth-order valence-electron chi connectivity index (χ4n) is 2.23. The normalized spacial score (nSPS) is 11.4. The van der Waals surface area contributed by atoms with Crippen LogP contribution in [-0.2, 0) is 28.0 Å². The Morgan fingerprint density at radius 3 is 1.72 bits per heavy atom. The number of hydrogen-bond donors (Lipinski definition) is 0. The minimum atomic E-state index is -0.205. The molecule has 0 aromatic heterocycles. The topological polar surface area (TPSA) is 77.5 Å². The van der Waals surface area contributed by atoms with Crippen LogP contribution in [-0.4, -0.2) is 101 Å². The van der Waals surface area contributed by atoms with Crippen LogP contribution in [0.1, 0.15) is 39.5 Å². The highest BCUT2D eigenvalue weighted by molar-refractivity contribution is 7.93. The van der Waals surface area contributed by atoms with Gasteiger partial charge in [0.05, 0.1) is 45.4 Å². The van der Waals surface area contributed by atoms with Gasteiger partial charge in [0, 0.05) is 32.4 Å². The highest BCUT2D eigenvalue weighted by atomic mass is 32.2. The standard InChI is InChI=1S/C20H40N2O6S/c1-18(2)25-16-12-21(3)10-8-19(23)26-14-6-7-15-27-20(24)9-11-22(4)13-17-28-29-5/h18H,6-17H2,1-5H3. The summed E-state index contributed by atoms with van der Waals surface area (Å²) in [5.74, 6) is -0.406. The van der Waals surface area contributed by atoms with Crippen molar-refractivity contribution in [1.82, 2.24) is 9.80 Å². The van der Waals surface area contributed by atoms with Crippen molar-refractivity contribution in [3.8, 4) is 0 Å². The second kappa shape index (κ2) is 19.1. The maximum absolute atomic E-state index is 11.7. The van der Waals surface area contributed by atoms with Crippen molar-refractivity contribution in [3.05, 3.63) is 0 Å². The summed E-state index contributed by atoms with van der Waals surface area (Å²) in [5.41, 5.74) is 0. The van der Waals surface area contributed by atoms with E-state index in [1.165, 1.54) is 12.0 Å². The molecule has 0 bridgehead atoms. The molecule has 0 aliphatic heterocycles. The summed E-state index contributed by atoms with van der Waals surface area (Å²) in [6.07, 6.45) is 4.19. The van der Waals surface area contributed by atoms with E-state index in [9.17, 15) is 9.59 Å². The van der Waals surface area contributed by atoms with E-state index in [0.29, 0.717) is 65.2 Å². The first kappa shape index (κ1) is 28.1. The van der Waals surface area contributed by atoms with Crippen molar-refractivity contribution in [2.75, 3.05) is 73.0 Å². The average molecular weight is 437 g/mol. The number of hydrogen-bond acceptors (Lipinski definition) is 9. The molecule has 172 valence electrons. The summed E-state index contributed by atoms with van der Waals surface area (Å²) in [5, 5.41) is 0. The molecule has 0 heterocycles. The molecule has 0 unspecified atom stereocenters. The zero-order valence-corrected chi connectivity index (χ0v) is 19.6. The summed E-state index contributed by atoms with van der Waals surface area (Å²) in [7, 11) is 3.91. The molecule has 0 saturated heterocycles. The van der Waals surface area contributed by atoms with Gasteiger partial charge in [-0.25, -0.2) is 0 Å². The highest BCUT2D eigenvalue weighted by Crippen LogP contribution is 1.99. The summed E-state index contributed by atoms with van der Waals surface area (Å²) in [6, 6.07) is 0. The Balaban J connectivity index is 3.52. The summed E-state index contributed by atoms with van der Waals surface area (Å²) in [4.78, 5) is 27.5. The summed E-state index contributed by atoms with van der Waals surface area (Å²) in [6.45, 7) is 8.87. The van der Waals surface area contributed by atoms with Gasteiger partial charge >= 0.3 is 11.9 Å². The van der Waals surface area contributed by atoms with Gasteiger partial charge in [0.15, 0.2) is 0 Å². The molecule has 8 nitrogen and oxygen atoms in total. The minimum Gasteiger partial charge on any atom is -0.466 e. The van der Waals surface area contributed by atoms with E-state index >= 15 is 0 Å². The lowest BCUT2D eigenvalue weighted by molar-refractivity contribution is -0.146. The van der Waals surface area contributed by atoms with Crippen molar-refractivity contribution in [1.29, 1.82) is 0 Å². The van der Waals surface area contributed by atoms with Crippen LogP contribution in [0, 0.1) is 0 Å². The molecule has 0 rings (SSSR count). The lowest BCUT2D eigenvalue weighted by atomic mass is 10.3. The van der Waals surface area contributed by atoms with Gasteiger partial charge in [-0.1, -0.05) is 0 Å². The number of rotatable bonds is 19. The number of carbonyl (C=O) groups excluding carboxylic acids is 2. The molecule has 0 saturated carbocycles. The third kappa shape index (κ3) is 20.2. The quantitative estimate of drug-likeness (QED) is 0.172. The number of unbranched alkanes of at least 4 members (excludes halogenated alkanes) is 1. The fourth-order valence-corrected chi connectivity index (χ4v) is 2.47. The van der Waals surface area contributed by atoms with Crippen LogP contribution in [0.5, 0.6) is 0 Å². The SMILES string of the molecule is CSOCCN(C)CCC(=O)OCCCCOC(=O)CCN(C)CCOC(C)C. The molecule has 0 aliphatic rings. The molecule has 29 heavy (non-hydrogen) atoms. The highest BCUT2D eigenvalue weighted by Gasteiger charge is 2.08. The van der Waals surface area contributed by atoms with Crippen LogP contribution in [0.4, 0.5) is 0 Å². The Labute approximate surface area is 180 Å². The van der Waals surface area contributed by atoms with E-state index in [-0.39, 0.29) is 18.0 Å². The van der Waals surface area contributed by atoms with E-state index in [1.54, 1.807) is 0 Å². The molecule has 0 aromatic carbocycles. The predicted octanol–water partition coefficient (Wildman–Crippen LogP) is 2.22. The molecule has 0 aromatic rings. The maximum atomic E-state index is 11.7. The smallest absolute Gasteiger partial charge is 0.307 e. The molecular weight excluding hydrogens is 396 g/mol. The van der Waals surface area contributed by atoms with E-state index in [2.05, 4.69) is 4.90 Å². The van der Waals surface area contributed by atoms with Gasteiger partial charge in [-0.15, -0.1) is 0 Å². The first-order valence-corrected chi connectivity index (χ1v) is 11.5. The van der Waals surface area contributed by atoms with E-state index in [4.69, 9.17) is 18.4 Å². The third-order valence-electron chi connectivity index (χ3n) is 4.06. The van der Waals surface area contributed by atoms with Crippen molar-refractivity contribution in [3.63, 3.8) is 0 Å². The minimum absolute atomic E-state index is 0.202. The van der Waals surface area contributed by atoms with Crippen LogP contribution in [0.3, 0.4) is 0 Å². The summed E-state index contributed by atoms with van der Waals surface area (Å²) < 4.78 is 21.1. The maximum Gasteiger partial charge on any atom is 0.307 e. The molecule has 0 N–H and O–H groups in total. The lowest BCUT2D eigenvalue weighted by Crippen LogP contribution is -2.27. The van der Waals surface area contributed by atoms with Gasteiger partial charge in [0.25, 0.3) is 0 Å². The second-order valence-electron chi connectivity index (χ2n) is 7.16. The molecule has 0 radical (unpaired) electrons. The van der Waals surface area contributed by atoms with Gasteiger partial charge in [-0.2, -0.15) is 0 Å². The second-order valence-corrected chi connectivity index (χ2v) is 7.73. The monoisotopic (exact) mass is 436 g/mol. The van der Waals surface area contributed by atoms with Gasteiger partial charge < -0.3 is 28.2 Å². The van der Waals surface area contributed by atoms with E-state index < -0.39 is 0 Å². The Kier molecular flexibility index (Phi) is 18.5. The van der Waals surface area contributed by atoms with Crippen LogP contribution in [0.25, 0.3) is 0 Å². The number of nitrogens with zero attached hydrogens (tertiary/aromatic N) is 2. The Bertz CT molecular complexity index is 426. The molecular formula is C20H40N2O6S. The zero-order valence-electron chi connectivity index (χ0n) is 18.8. The number of carbonyl (C=O) groups is 2. The largest absolute Gasteiger partial charge is 0.466 e. The lowest BCUT2D eigenvalue weighted by Gasteiger charge is -2.17. The Morgan fingerprint density at radius 1 is 0.793 bits per heavy atom. The van der Waals surface area contributed by atoms with Crippen molar-refractivity contribution < 1.29 is 28.0 Å². The molecule has 0 atom stereocenters. The van der Waals surface area contributed by atoms with Gasteiger partial charge in [-0.3, -0.25) is 9.59 Å². The van der Waals surface area contributed by atoms with E-state index in [0.717, 1.165) is 13.1 Å². The molecule has 0 spiro atoms. The number of likely N-dealkylation sites (N-methyl/N-ethyl adjacent to an activating group) is 2. The molecule has 0 amide bonds. The first-order chi connectivity index (χ1) is 13.8. The third-order valence-corrected chi connectivity index (χ3v) is 4.46. The van der Waals surface area contributed by atoms with Crippen molar-refractivity contribution >= 4 is 24.0 Å². The average Bonchev–Trinajstić information content (AvgIpc) is 2.67. The predicted molar refractivity (Wildman–Crippen MR) is 116 cm³/mol. The number of ether oxygens (including phenoxy) is 3. The Morgan fingerprint density at radius 2 is 1.28 bits per heavy atom. The summed E-state index contributed by atoms with van der Waals surface area (Å²) >= 11 is 1.34. The van der Waals surface area contributed by atoms with Crippen LogP contribution in [0.15, 0.2) is 0 Å². The fraction of sp³-hybridized carbons (Fsp3) is 0.900. The van der Waals surface area contributed by atoms with Crippen LogP contribution < -0.4 is 0 Å². The van der Waals surface area contributed by atoms with Crippen molar-refractivity contribution in [2.24, 2.45) is 0 Å². The van der Waals surface area contributed by atoms with Crippen LogP contribution >= 0.6 is 12.0 Å². The van der Waals surface area contributed by atoms with Crippen molar-refractivity contribution in [2.45, 2.75) is 45.6 Å². The Hall–Kier alpha value is -0.870. The first-order valence-electron chi connectivity index (χ1n) is 10.3. The molecule has 0 fully saturated rings.